The van der Waals surface area contributed by atoms with Gasteiger partial charge < -0.3 is 0 Å². The molecule has 0 saturated carbocycles. The predicted octanol–water partition coefficient (Wildman–Crippen LogP) is 1.01. The average molecular weight is 375 g/mol. The highest BCUT2D eigenvalue weighted by atomic mass is 79.9. The topological polar surface area (TPSA) is 83.6 Å². The van der Waals surface area contributed by atoms with E-state index in [0.29, 0.717) is 5.33 Å². The lowest BCUT2D eigenvalue weighted by molar-refractivity contribution is -0.141. The maximum Gasteiger partial charge on any atom is 0.247 e. The number of nitrogens with zero attached hydrogens (tertiary/aromatic N) is 1. The molecule has 6 nitrogen and oxygen atoms in total. The van der Waals surface area contributed by atoms with Crippen LogP contribution >= 0.6 is 15.9 Å². The van der Waals surface area contributed by atoms with Crippen LogP contribution in [0.4, 0.5) is 0 Å². The monoisotopic (exact) mass is 374 g/mol. The van der Waals surface area contributed by atoms with Gasteiger partial charge in [-0.2, -0.15) is 4.31 Å². The van der Waals surface area contributed by atoms with Crippen LogP contribution in [0.15, 0.2) is 29.2 Å². The molecule has 0 spiro atoms. The number of halogens is 1. The Morgan fingerprint density at radius 3 is 2.33 bits per heavy atom. The maximum atomic E-state index is 12.7. The smallest absolute Gasteiger partial charge is 0.247 e. The first kappa shape index (κ1) is 16.1. The number of carbonyl (C=O) groups excluding carboxylic acids is 2. The molecule has 1 saturated heterocycles. The van der Waals surface area contributed by atoms with Crippen molar-refractivity contribution in [1.82, 2.24) is 9.62 Å². The van der Waals surface area contributed by atoms with Crippen LogP contribution < -0.4 is 5.32 Å². The molecule has 1 aromatic carbocycles. The Balaban J connectivity index is 2.45. The number of amides is 2. The molecule has 1 fully saturated rings. The summed E-state index contributed by atoms with van der Waals surface area (Å²) < 4.78 is 26.3. The van der Waals surface area contributed by atoms with Crippen LogP contribution in [0.1, 0.15) is 19.4 Å². The normalized spacial score (nSPS) is 19.4. The number of hydrogen-bond donors (Lipinski definition) is 1. The van der Waals surface area contributed by atoms with E-state index in [9.17, 15) is 18.0 Å². The van der Waals surface area contributed by atoms with Gasteiger partial charge in [0.2, 0.25) is 21.8 Å². The summed E-state index contributed by atoms with van der Waals surface area (Å²) in [6.07, 6.45) is 0. The molecule has 0 radical (unpaired) electrons. The Bertz CT molecular complexity index is 683. The van der Waals surface area contributed by atoms with Gasteiger partial charge in [0.05, 0.1) is 11.4 Å². The largest absolute Gasteiger partial charge is 0.294 e. The molecule has 0 unspecified atom stereocenters. The van der Waals surface area contributed by atoms with Crippen LogP contribution in [0.3, 0.4) is 0 Å². The van der Waals surface area contributed by atoms with Gasteiger partial charge in [-0.3, -0.25) is 14.9 Å². The minimum atomic E-state index is -3.92. The summed E-state index contributed by atoms with van der Waals surface area (Å²) in [4.78, 5) is 23.4. The van der Waals surface area contributed by atoms with Gasteiger partial charge in [0.15, 0.2) is 0 Å². The van der Waals surface area contributed by atoms with Gasteiger partial charge in [0.1, 0.15) is 5.54 Å². The third kappa shape index (κ3) is 2.88. The molecule has 1 heterocycles. The third-order valence-electron chi connectivity index (χ3n) is 3.38. The second-order valence-corrected chi connectivity index (χ2v) is 7.65. The molecule has 1 aliphatic rings. The van der Waals surface area contributed by atoms with Crippen molar-refractivity contribution in [3.8, 4) is 0 Å². The van der Waals surface area contributed by atoms with Crippen LogP contribution in [-0.2, 0) is 24.9 Å². The third-order valence-corrected chi connectivity index (χ3v) is 6.07. The molecule has 0 aromatic heterocycles. The van der Waals surface area contributed by atoms with Crippen molar-refractivity contribution in [2.75, 3.05) is 6.54 Å². The summed E-state index contributed by atoms with van der Waals surface area (Å²) in [7, 11) is -3.92. The fourth-order valence-electron chi connectivity index (χ4n) is 2.02. The molecular weight excluding hydrogens is 360 g/mol. The number of nitrogens with one attached hydrogen (secondary N) is 1. The molecule has 1 N–H and O–H groups in total. The minimum absolute atomic E-state index is 0.0581. The van der Waals surface area contributed by atoms with E-state index in [1.54, 1.807) is 12.1 Å². The van der Waals surface area contributed by atoms with Crippen molar-refractivity contribution in [2.24, 2.45) is 0 Å². The molecule has 2 rings (SSSR count). The van der Waals surface area contributed by atoms with Crippen LogP contribution in [0.2, 0.25) is 0 Å². The summed E-state index contributed by atoms with van der Waals surface area (Å²) >= 11 is 3.29. The Morgan fingerprint density at radius 2 is 1.81 bits per heavy atom. The average Bonchev–Trinajstić information content (AvgIpc) is 2.43. The first-order valence-corrected chi connectivity index (χ1v) is 8.78. The lowest BCUT2D eigenvalue weighted by Crippen LogP contribution is -2.65. The Labute approximate surface area is 131 Å². The molecule has 1 aromatic rings. The molecule has 8 heteroatoms. The zero-order chi connectivity index (χ0) is 15.8. The molecular formula is C13H15BrN2O4S. The summed E-state index contributed by atoms with van der Waals surface area (Å²) in [5, 5.41) is 2.77. The Hall–Kier alpha value is -1.25. The van der Waals surface area contributed by atoms with Crippen molar-refractivity contribution in [3.63, 3.8) is 0 Å². The van der Waals surface area contributed by atoms with E-state index in [2.05, 4.69) is 21.2 Å². The number of benzene rings is 1. The minimum Gasteiger partial charge on any atom is -0.294 e. The zero-order valence-electron chi connectivity index (χ0n) is 11.6. The van der Waals surface area contributed by atoms with Crippen LogP contribution in [0.5, 0.6) is 0 Å². The molecule has 1 aliphatic heterocycles. The summed E-state index contributed by atoms with van der Waals surface area (Å²) in [5.41, 5.74) is -0.387. The lowest BCUT2D eigenvalue weighted by atomic mass is 10.0. The van der Waals surface area contributed by atoms with Crippen molar-refractivity contribution in [3.05, 3.63) is 29.8 Å². The number of imide groups is 1. The van der Waals surface area contributed by atoms with Crippen LogP contribution in [-0.4, -0.2) is 36.6 Å². The van der Waals surface area contributed by atoms with E-state index in [0.717, 1.165) is 9.87 Å². The van der Waals surface area contributed by atoms with Crippen molar-refractivity contribution in [2.45, 2.75) is 29.6 Å². The zero-order valence-corrected chi connectivity index (χ0v) is 14.0. The number of rotatable bonds is 3. The van der Waals surface area contributed by atoms with Gasteiger partial charge in [-0.25, -0.2) is 8.42 Å². The number of hydrogen-bond acceptors (Lipinski definition) is 4. The van der Waals surface area contributed by atoms with E-state index in [4.69, 9.17) is 0 Å². The molecule has 0 aliphatic carbocycles. The maximum absolute atomic E-state index is 12.7. The van der Waals surface area contributed by atoms with Gasteiger partial charge in [-0.05, 0) is 31.5 Å². The fourth-order valence-corrected chi connectivity index (χ4v) is 4.10. The van der Waals surface area contributed by atoms with Crippen molar-refractivity contribution >= 4 is 37.8 Å². The highest BCUT2D eigenvalue weighted by Crippen LogP contribution is 2.27. The molecule has 21 heavy (non-hydrogen) atoms. The Kier molecular flexibility index (Phi) is 4.23. The fraction of sp³-hybridized carbons (Fsp3) is 0.385. The quantitative estimate of drug-likeness (QED) is 0.631. The summed E-state index contributed by atoms with van der Waals surface area (Å²) in [5.74, 6) is -1.25. The predicted molar refractivity (Wildman–Crippen MR) is 80.2 cm³/mol. The standard InChI is InChI=1S/C13H15BrN2O4S/c1-13(2)12(18)15-11(17)8-16(13)21(19,20)10-5-3-9(7-14)4-6-10/h3-6H,7-8H2,1-2H3,(H,15,17,18). The van der Waals surface area contributed by atoms with E-state index >= 15 is 0 Å². The molecule has 114 valence electrons. The van der Waals surface area contributed by atoms with E-state index in [-0.39, 0.29) is 11.4 Å². The lowest BCUT2D eigenvalue weighted by Gasteiger charge is -2.38. The summed E-state index contributed by atoms with van der Waals surface area (Å²) in [6, 6.07) is 6.30. The van der Waals surface area contributed by atoms with Gasteiger partial charge >= 0.3 is 0 Å². The number of piperazine rings is 1. The van der Waals surface area contributed by atoms with Crippen molar-refractivity contribution in [1.29, 1.82) is 0 Å². The second kappa shape index (κ2) is 5.51. The first-order valence-electron chi connectivity index (χ1n) is 6.21. The highest BCUT2D eigenvalue weighted by molar-refractivity contribution is 9.08. The second-order valence-electron chi connectivity index (χ2n) is 5.23. The van der Waals surface area contributed by atoms with E-state index in [1.807, 2.05) is 0 Å². The van der Waals surface area contributed by atoms with E-state index in [1.165, 1.54) is 26.0 Å². The highest BCUT2D eigenvalue weighted by Gasteiger charge is 2.47. The molecule has 2 amide bonds. The van der Waals surface area contributed by atoms with Crippen LogP contribution in [0, 0.1) is 0 Å². The molecule has 0 bridgehead atoms. The van der Waals surface area contributed by atoms with Crippen molar-refractivity contribution < 1.29 is 18.0 Å². The summed E-state index contributed by atoms with van der Waals surface area (Å²) in [6.45, 7) is 2.57. The first-order chi connectivity index (χ1) is 9.69. The number of carbonyl (C=O) groups is 2. The number of sulfonamides is 1. The SMILES string of the molecule is CC1(C)C(=O)NC(=O)CN1S(=O)(=O)c1ccc(CBr)cc1. The van der Waals surface area contributed by atoms with Gasteiger partial charge in [-0.15, -0.1) is 0 Å². The molecule has 0 atom stereocenters. The van der Waals surface area contributed by atoms with Gasteiger partial charge in [-0.1, -0.05) is 28.1 Å². The Morgan fingerprint density at radius 1 is 1.24 bits per heavy atom. The van der Waals surface area contributed by atoms with Gasteiger partial charge in [0.25, 0.3) is 0 Å². The van der Waals surface area contributed by atoms with Crippen LogP contribution in [0.25, 0.3) is 0 Å². The van der Waals surface area contributed by atoms with E-state index < -0.39 is 27.4 Å². The van der Waals surface area contributed by atoms with Gasteiger partial charge in [0, 0.05) is 5.33 Å². The number of alkyl halides is 1.